The summed E-state index contributed by atoms with van der Waals surface area (Å²) < 4.78 is 4.98. The second kappa shape index (κ2) is 7.25. The van der Waals surface area contributed by atoms with Crippen molar-refractivity contribution >= 4 is 23.0 Å². The summed E-state index contributed by atoms with van der Waals surface area (Å²) in [6, 6.07) is 6.19. The van der Waals surface area contributed by atoms with E-state index >= 15 is 0 Å². The molecule has 0 bridgehead atoms. The lowest BCUT2D eigenvalue weighted by molar-refractivity contribution is 0.196. The van der Waals surface area contributed by atoms with Gasteiger partial charge in [-0.15, -0.1) is 0 Å². The van der Waals surface area contributed by atoms with E-state index in [0.717, 1.165) is 25.3 Å². The van der Waals surface area contributed by atoms with Crippen LogP contribution in [0.3, 0.4) is 0 Å². The summed E-state index contributed by atoms with van der Waals surface area (Å²) >= 11 is 5.24. The van der Waals surface area contributed by atoms with Gasteiger partial charge in [-0.25, -0.2) is 0 Å². The molecule has 0 unspecified atom stereocenters. The fourth-order valence-electron chi connectivity index (χ4n) is 1.59. The quantitative estimate of drug-likeness (QED) is 0.623. The lowest BCUT2D eigenvalue weighted by Crippen LogP contribution is -2.30. The maximum atomic E-state index is 5.24. The molecular weight excluding hydrogens is 232 g/mol. The van der Waals surface area contributed by atoms with Crippen molar-refractivity contribution in [2.45, 2.75) is 20.3 Å². The molecule has 0 amide bonds. The Kier molecular flexibility index (Phi) is 5.94. The van der Waals surface area contributed by atoms with Crippen molar-refractivity contribution in [2.24, 2.45) is 0 Å². The van der Waals surface area contributed by atoms with Gasteiger partial charge in [0.25, 0.3) is 0 Å². The van der Waals surface area contributed by atoms with Gasteiger partial charge in [0.2, 0.25) is 0 Å². The van der Waals surface area contributed by atoms with E-state index in [4.69, 9.17) is 17.0 Å². The number of benzene rings is 1. The Morgan fingerprint density at radius 3 is 2.53 bits per heavy atom. The number of anilines is 1. The maximum Gasteiger partial charge on any atom is 0.170 e. The second-order valence-electron chi connectivity index (χ2n) is 3.99. The zero-order valence-electron chi connectivity index (χ0n) is 10.7. The van der Waals surface area contributed by atoms with Crippen molar-refractivity contribution in [3.63, 3.8) is 0 Å². The molecule has 3 nitrogen and oxygen atoms in total. The molecule has 0 aliphatic carbocycles. The van der Waals surface area contributed by atoms with Gasteiger partial charge in [-0.2, -0.15) is 0 Å². The highest BCUT2D eigenvalue weighted by Gasteiger charge is 2.03. The molecule has 1 aromatic carbocycles. The van der Waals surface area contributed by atoms with Crippen LogP contribution in [0.4, 0.5) is 5.69 Å². The molecule has 0 fully saturated rings. The summed E-state index contributed by atoms with van der Waals surface area (Å²) in [5.41, 5.74) is 3.49. The van der Waals surface area contributed by atoms with E-state index in [1.165, 1.54) is 11.1 Å². The normalized spacial score (nSPS) is 10.1. The number of rotatable bonds is 5. The molecule has 4 heteroatoms. The van der Waals surface area contributed by atoms with Gasteiger partial charge in [0.1, 0.15) is 0 Å². The van der Waals surface area contributed by atoms with E-state index in [9.17, 15) is 0 Å². The number of ether oxygens (including phenoxy) is 1. The Morgan fingerprint density at radius 2 is 1.94 bits per heavy atom. The maximum absolute atomic E-state index is 5.24. The smallest absolute Gasteiger partial charge is 0.170 e. The summed E-state index contributed by atoms with van der Waals surface area (Å²) in [6.07, 6.45) is 0.949. The number of hydrogen-bond donors (Lipinski definition) is 2. The van der Waals surface area contributed by atoms with E-state index in [2.05, 4.69) is 36.6 Å². The molecule has 0 aliphatic rings. The minimum absolute atomic E-state index is 0.665. The Morgan fingerprint density at radius 1 is 1.29 bits per heavy atom. The first-order chi connectivity index (χ1) is 8.15. The van der Waals surface area contributed by atoms with E-state index in [-0.39, 0.29) is 0 Å². The third-order valence-electron chi connectivity index (χ3n) is 2.53. The summed E-state index contributed by atoms with van der Waals surface area (Å²) in [5, 5.41) is 7.06. The number of thiocarbonyl (C=S) groups is 1. The zero-order valence-corrected chi connectivity index (χ0v) is 11.5. The lowest BCUT2D eigenvalue weighted by Gasteiger charge is -2.14. The number of para-hydroxylation sites is 1. The minimum Gasteiger partial charge on any atom is -0.385 e. The van der Waals surface area contributed by atoms with Gasteiger partial charge >= 0.3 is 0 Å². The zero-order chi connectivity index (χ0) is 12.7. The Labute approximate surface area is 109 Å². The third-order valence-corrected chi connectivity index (χ3v) is 2.78. The molecule has 1 aromatic rings. The number of methoxy groups -OCH3 is 1. The molecule has 0 saturated carbocycles. The van der Waals surface area contributed by atoms with E-state index in [0.29, 0.717) is 5.11 Å². The molecule has 94 valence electrons. The molecule has 0 aliphatic heterocycles. The molecule has 1 rings (SSSR count). The van der Waals surface area contributed by atoms with Crippen molar-refractivity contribution in [2.75, 3.05) is 25.6 Å². The van der Waals surface area contributed by atoms with Crippen LogP contribution in [0.25, 0.3) is 0 Å². The van der Waals surface area contributed by atoms with Crippen LogP contribution in [-0.2, 0) is 4.74 Å². The first-order valence-electron chi connectivity index (χ1n) is 5.75. The molecule has 0 saturated heterocycles. The van der Waals surface area contributed by atoms with Gasteiger partial charge in [-0.1, -0.05) is 18.2 Å². The van der Waals surface area contributed by atoms with Crippen LogP contribution in [-0.4, -0.2) is 25.4 Å². The van der Waals surface area contributed by atoms with Crippen molar-refractivity contribution in [1.29, 1.82) is 0 Å². The lowest BCUT2D eigenvalue weighted by atomic mass is 10.1. The van der Waals surface area contributed by atoms with Gasteiger partial charge in [0.15, 0.2) is 5.11 Å². The molecule has 0 spiro atoms. The Bertz CT molecular complexity index is 359. The first kappa shape index (κ1) is 13.9. The highest BCUT2D eigenvalue weighted by molar-refractivity contribution is 7.80. The van der Waals surface area contributed by atoms with Gasteiger partial charge in [0, 0.05) is 25.9 Å². The Hall–Kier alpha value is -1.13. The molecular formula is C13H20N2OS. The second-order valence-corrected chi connectivity index (χ2v) is 4.40. The molecule has 0 radical (unpaired) electrons. The minimum atomic E-state index is 0.665. The van der Waals surface area contributed by atoms with Crippen LogP contribution in [0.15, 0.2) is 18.2 Å². The third kappa shape index (κ3) is 4.71. The van der Waals surface area contributed by atoms with Crippen LogP contribution >= 0.6 is 12.2 Å². The number of nitrogens with one attached hydrogen (secondary N) is 2. The summed E-state index contributed by atoms with van der Waals surface area (Å²) in [6.45, 7) is 5.72. The van der Waals surface area contributed by atoms with Crippen LogP contribution in [0.1, 0.15) is 17.5 Å². The van der Waals surface area contributed by atoms with Crippen LogP contribution in [0.5, 0.6) is 0 Å². The Balaban J connectivity index is 2.45. The summed E-state index contributed by atoms with van der Waals surface area (Å²) in [4.78, 5) is 0. The van der Waals surface area contributed by atoms with Crippen molar-refractivity contribution in [3.05, 3.63) is 29.3 Å². The van der Waals surface area contributed by atoms with Gasteiger partial charge < -0.3 is 15.4 Å². The molecule has 2 N–H and O–H groups in total. The van der Waals surface area contributed by atoms with E-state index < -0.39 is 0 Å². The number of aryl methyl sites for hydroxylation is 2. The van der Waals surface area contributed by atoms with Crippen LogP contribution in [0.2, 0.25) is 0 Å². The number of hydrogen-bond acceptors (Lipinski definition) is 2. The van der Waals surface area contributed by atoms with E-state index in [1.54, 1.807) is 7.11 Å². The van der Waals surface area contributed by atoms with Crippen molar-refractivity contribution < 1.29 is 4.74 Å². The first-order valence-corrected chi connectivity index (χ1v) is 6.16. The SMILES string of the molecule is COCCCNC(=S)Nc1c(C)cccc1C. The van der Waals surface area contributed by atoms with Crippen molar-refractivity contribution in [1.82, 2.24) is 5.32 Å². The average Bonchev–Trinajstić information content (AvgIpc) is 2.30. The monoisotopic (exact) mass is 252 g/mol. The fourth-order valence-corrected chi connectivity index (χ4v) is 1.79. The standard InChI is InChI=1S/C13H20N2OS/c1-10-6-4-7-11(2)12(10)15-13(17)14-8-5-9-16-3/h4,6-7H,5,8-9H2,1-3H3,(H2,14,15,17). The molecule has 17 heavy (non-hydrogen) atoms. The molecule has 0 heterocycles. The van der Waals surface area contributed by atoms with Gasteiger partial charge in [0.05, 0.1) is 0 Å². The average molecular weight is 252 g/mol. The highest BCUT2D eigenvalue weighted by Crippen LogP contribution is 2.18. The van der Waals surface area contributed by atoms with E-state index in [1.807, 2.05) is 6.07 Å². The van der Waals surface area contributed by atoms with Gasteiger partial charge in [-0.05, 0) is 43.6 Å². The molecule has 0 atom stereocenters. The van der Waals surface area contributed by atoms with Gasteiger partial charge in [-0.3, -0.25) is 0 Å². The summed E-state index contributed by atoms with van der Waals surface area (Å²) in [5.74, 6) is 0. The fraction of sp³-hybridized carbons (Fsp3) is 0.462. The van der Waals surface area contributed by atoms with Crippen LogP contribution < -0.4 is 10.6 Å². The predicted octanol–water partition coefficient (Wildman–Crippen LogP) is 2.63. The largest absolute Gasteiger partial charge is 0.385 e. The van der Waals surface area contributed by atoms with Crippen molar-refractivity contribution in [3.8, 4) is 0 Å². The predicted molar refractivity (Wildman–Crippen MR) is 76.6 cm³/mol. The van der Waals surface area contributed by atoms with Crippen LogP contribution in [0, 0.1) is 13.8 Å². The summed E-state index contributed by atoms with van der Waals surface area (Å²) in [7, 11) is 1.70. The highest BCUT2D eigenvalue weighted by atomic mass is 32.1. The molecule has 0 aromatic heterocycles. The topological polar surface area (TPSA) is 33.3 Å².